The van der Waals surface area contributed by atoms with Gasteiger partial charge in [0, 0.05) is 11.9 Å². The van der Waals surface area contributed by atoms with E-state index in [0.29, 0.717) is 0 Å². The summed E-state index contributed by atoms with van der Waals surface area (Å²) >= 11 is 0. The van der Waals surface area contributed by atoms with Crippen molar-refractivity contribution in [3.05, 3.63) is 40.9 Å². The van der Waals surface area contributed by atoms with Crippen LogP contribution in [0.3, 0.4) is 0 Å². The Bertz CT molecular complexity index is 706. The molecule has 0 saturated carbocycles. The maximum atomic E-state index is 12.4. The van der Waals surface area contributed by atoms with Crippen LogP contribution < -0.4 is 5.32 Å². The van der Waals surface area contributed by atoms with Crippen LogP contribution in [0.5, 0.6) is 0 Å². The molecule has 0 aliphatic carbocycles. The van der Waals surface area contributed by atoms with Crippen molar-refractivity contribution >= 4 is 15.5 Å². The minimum atomic E-state index is -4.44. The molecule has 8 heteroatoms. The average Bonchev–Trinajstić information content (AvgIpc) is 2.37. The third kappa shape index (κ3) is 4.01. The fourth-order valence-corrected chi connectivity index (χ4v) is 2.40. The van der Waals surface area contributed by atoms with Gasteiger partial charge in [-0.05, 0) is 45.0 Å². The Hall–Kier alpha value is -2.01. The van der Waals surface area contributed by atoms with Crippen LogP contribution in [-0.4, -0.2) is 13.2 Å². The van der Waals surface area contributed by atoms with Crippen molar-refractivity contribution in [3.8, 4) is 6.07 Å². The molecule has 0 saturated heterocycles. The van der Waals surface area contributed by atoms with E-state index in [1.165, 1.54) is 20.8 Å². The summed E-state index contributed by atoms with van der Waals surface area (Å²) in [5.74, 6) is 0. The molecule has 0 bridgehead atoms. The van der Waals surface area contributed by atoms with Crippen LogP contribution in [0, 0.1) is 11.3 Å². The average molecular weight is 332 g/mol. The predicted molar refractivity (Wildman–Crippen MR) is 77.4 cm³/mol. The SMILES string of the molecule is CC(C)(C)S(=O)(=O)C(C#N)=CNc1ccc(C(F)(F)F)cc1. The minimum Gasteiger partial charge on any atom is -0.360 e. The molecule has 0 radical (unpaired) electrons. The highest BCUT2D eigenvalue weighted by Crippen LogP contribution is 2.30. The number of benzene rings is 1. The van der Waals surface area contributed by atoms with Gasteiger partial charge in [-0.15, -0.1) is 0 Å². The quantitative estimate of drug-likeness (QED) is 0.857. The zero-order valence-corrected chi connectivity index (χ0v) is 13.0. The summed E-state index contributed by atoms with van der Waals surface area (Å²) in [6, 6.07) is 5.61. The van der Waals surface area contributed by atoms with Crippen molar-refractivity contribution < 1.29 is 21.6 Å². The Labute approximate surface area is 127 Å². The van der Waals surface area contributed by atoms with Gasteiger partial charge in [0.25, 0.3) is 0 Å². The van der Waals surface area contributed by atoms with Gasteiger partial charge in [0.1, 0.15) is 6.07 Å². The first-order valence-corrected chi connectivity index (χ1v) is 7.66. The molecule has 0 atom stereocenters. The van der Waals surface area contributed by atoms with Crippen LogP contribution in [0.1, 0.15) is 26.3 Å². The first kappa shape index (κ1) is 18.0. The number of allylic oxidation sites excluding steroid dienone is 1. The second-order valence-electron chi connectivity index (χ2n) is 5.46. The first-order valence-electron chi connectivity index (χ1n) is 6.18. The van der Waals surface area contributed by atoms with Gasteiger partial charge in [-0.2, -0.15) is 18.4 Å². The van der Waals surface area contributed by atoms with E-state index in [2.05, 4.69) is 5.32 Å². The molecule has 22 heavy (non-hydrogen) atoms. The van der Waals surface area contributed by atoms with Crippen molar-refractivity contribution in [2.24, 2.45) is 0 Å². The van der Waals surface area contributed by atoms with Crippen molar-refractivity contribution in [1.29, 1.82) is 5.26 Å². The number of nitrogens with one attached hydrogen (secondary N) is 1. The molecule has 0 fully saturated rings. The van der Waals surface area contributed by atoms with Crippen molar-refractivity contribution in [3.63, 3.8) is 0 Å². The van der Waals surface area contributed by atoms with Crippen LogP contribution in [-0.2, 0) is 16.0 Å². The number of nitrogens with zero attached hydrogens (tertiary/aromatic N) is 1. The van der Waals surface area contributed by atoms with E-state index >= 15 is 0 Å². The van der Waals surface area contributed by atoms with Crippen LogP contribution >= 0.6 is 0 Å². The van der Waals surface area contributed by atoms with E-state index in [4.69, 9.17) is 5.26 Å². The van der Waals surface area contributed by atoms with E-state index in [9.17, 15) is 21.6 Å². The van der Waals surface area contributed by atoms with Gasteiger partial charge in [0.05, 0.1) is 10.3 Å². The molecule has 0 heterocycles. The van der Waals surface area contributed by atoms with Crippen LogP contribution in [0.2, 0.25) is 0 Å². The zero-order chi connectivity index (χ0) is 17.2. The summed E-state index contributed by atoms with van der Waals surface area (Å²) in [6.07, 6.45) is -3.47. The first-order chi connectivity index (χ1) is 9.89. The van der Waals surface area contributed by atoms with Gasteiger partial charge < -0.3 is 5.32 Å². The molecule has 4 nitrogen and oxygen atoms in total. The molecule has 1 N–H and O–H groups in total. The molecule has 0 amide bonds. The van der Waals surface area contributed by atoms with Gasteiger partial charge in [0.2, 0.25) is 0 Å². The molecule has 0 aliphatic heterocycles. The lowest BCUT2D eigenvalue weighted by atomic mass is 10.2. The van der Waals surface area contributed by atoms with Crippen LogP contribution in [0.4, 0.5) is 18.9 Å². The second-order valence-corrected chi connectivity index (χ2v) is 8.13. The summed E-state index contributed by atoms with van der Waals surface area (Å²) in [5.41, 5.74) is -0.574. The van der Waals surface area contributed by atoms with E-state index in [1.54, 1.807) is 6.07 Å². The maximum Gasteiger partial charge on any atom is 0.416 e. The topological polar surface area (TPSA) is 70.0 Å². The van der Waals surface area contributed by atoms with Gasteiger partial charge >= 0.3 is 6.18 Å². The lowest BCUT2D eigenvalue weighted by Crippen LogP contribution is -2.29. The molecule has 0 aliphatic rings. The standard InChI is InChI=1S/C14H15F3N2O2S/c1-13(2,3)22(20,21)12(8-18)9-19-11-6-4-10(5-7-11)14(15,16)17/h4-7,9,19H,1-3H3. The fourth-order valence-electron chi connectivity index (χ4n) is 1.40. The third-order valence-electron chi connectivity index (χ3n) is 2.79. The number of nitriles is 1. The highest BCUT2D eigenvalue weighted by atomic mass is 32.2. The Morgan fingerprint density at radius 2 is 1.68 bits per heavy atom. The third-order valence-corrected chi connectivity index (χ3v) is 5.19. The number of rotatable bonds is 3. The molecule has 0 aromatic heterocycles. The summed E-state index contributed by atoms with van der Waals surface area (Å²) in [7, 11) is -3.83. The van der Waals surface area contributed by atoms with E-state index in [1.807, 2.05) is 0 Å². The molecule has 1 aromatic rings. The number of hydrogen-bond donors (Lipinski definition) is 1. The van der Waals surface area contributed by atoms with E-state index < -0.39 is 31.2 Å². The zero-order valence-electron chi connectivity index (χ0n) is 12.2. The van der Waals surface area contributed by atoms with Crippen molar-refractivity contribution in [2.45, 2.75) is 31.7 Å². The number of sulfone groups is 1. The Kier molecular flexibility index (Phi) is 4.92. The molecule has 0 unspecified atom stereocenters. The molecule has 1 aromatic carbocycles. The number of anilines is 1. The number of halogens is 3. The summed E-state index contributed by atoms with van der Waals surface area (Å²) in [5, 5.41) is 11.5. The highest BCUT2D eigenvalue weighted by Gasteiger charge is 2.33. The molecule has 0 spiro atoms. The van der Waals surface area contributed by atoms with Gasteiger partial charge in [-0.25, -0.2) is 8.42 Å². The molecule has 120 valence electrons. The largest absolute Gasteiger partial charge is 0.416 e. The highest BCUT2D eigenvalue weighted by molar-refractivity contribution is 7.96. The van der Waals surface area contributed by atoms with Crippen molar-refractivity contribution in [1.82, 2.24) is 0 Å². The van der Waals surface area contributed by atoms with Gasteiger partial charge in [-0.3, -0.25) is 0 Å². The van der Waals surface area contributed by atoms with Crippen molar-refractivity contribution in [2.75, 3.05) is 5.32 Å². The number of alkyl halides is 3. The lowest BCUT2D eigenvalue weighted by Gasteiger charge is -2.18. The Balaban J connectivity index is 3.03. The minimum absolute atomic E-state index is 0.241. The lowest BCUT2D eigenvalue weighted by molar-refractivity contribution is -0.137. The molecule has 1 rings (SSSR count). The molecular formula is C14H15F3N2O2S. The predicted octanol–water partition coefficient (Wildman–Crippen LogP) is 3.70. The molecular weight excluding hydrogens is 317 g/mol. The van der Waals surface area contributed by atoms with Crippen LogP contribution in [0.25, 0.3) is 0 Å². The Morgan fingerprint density at radius 1 is 1.18 bits per heavy atom. The fraction of sp³-hybridized carbons (Fsp3) is 0.357. The smallest absolute Gasteiger partial charge is 0.360 e. The normalized spacial score (nSPS) is 13.6. The monoisotopic (exact) mass is 332 g/mol. The van der Waals surface area contributed by atoms with Crippen LogP contribution in [0.15, 0.2) is 35.4 Å². The maximum absolute atomic E-state index is 12.4. The Morgan fingerprint density at radius 3 is 2.05 bits per heavy atom. The number of hydrogen-bond acceptors (Lipinski definition) is 4. The summed E-state index contributed by atoms with van der Waals surface area (Å²) < 4.78 is 60.3. The van der Waals surface area contributed by atoms with Gasteiger partial charge in [-0.1, -0.05) is 0 Å². The summed E-state index contributed by atoms with van der Waals surface area (Å²) in [4.78, 5) is -0.486. The summed E-state index contributed by atoms with van der Waals surface area (Å²) in [6.45, 7) is 4.35. The second kappa shape index (κ2) is 6.01. The van der Waals surface area contributed by atoms with Gasteiger partial charge in [0.15, 0.2) is 14.7 Å². The van der Waals surface area contributed by atoms with E-state index in [0.717, 1.165) is 30.5 Å². The van der Waals surface area contributed by atoms with E-state index in [-0.39, 0.29) is 5.69 Å².